The predicted octanol–water partition coefficient (Wildman–Crippen LogP) is 4.37. The van der Waals surface area contributed by atoms with Crippen molar-refractivity contribution in [1.82, 2.24) is 14.5 Å². The Hall–Kier alpha value is -2.86. The molecule has 4 rings (SSSR count). The second-order valence-electron chi connectivity index (χ2n) is 8.48. The van der Waals surface area contributed by atoms with E-state index in [2.05, 4.69) is 55.8 Å². The zero-order valence-corrected chi connectivity index (χ0v) is 19.2. The van der Waals surface area contributed by atoms with Gasteiger partial charge in [0.25, 0.3) is 5.91 Å². The van der Waals surface area contributed by atoms with E-state index in [1.165, 1.54) is 27.9 Å². The molecule has 1 aromatic carbocycles. The van der Waals surface area contributed by atoms with Crippen molar-refractivity contribution in [3.8, 4) is 0 Å². The largest absolute Gasteiger partial charge is 0.383 e. The number of hydrogen-bond donors (Lipinski definition) is 1. The number of nitrogens with one attached hydrogen (secondary N) is 1. The summed E-state index contributed by atoms with van der Waals surface area (Å²) in [6.07, 6.45) is 1.07. The molecule has 1 aliphatic heterocycles. The molecule has 1 amide bonds. The number of aryl methyl sites for hydroxylation is 3. The average Bonchev–Trinajstić information content (AvgIpc) is 2.95. The summed E-state index contributed by atoms with van der Waals surface area (Å²) < 4.78 is 7.61. The monoisotopic (exact) mass is 420 g/mol. The third-order valence-corrected chi connectivity index (χ3v) is 6.57. The first kappa shape index (κ1) is 21.4. The zero-order chi connectivity index (χ0) is 22.1. The van der Waals surface area contributed by atoms with Crippen LogP contribution in [0.1, 0.15) is 44.9 Å². The highest BCUT2D eigenvalue weighted by Gasteiger charge is 2.25. The van der Waals surface area contributed by atoms with Gasteiger partial charge in [0.1, 0.15) is 5.69 Å². The third kappa shape index (κ3) is 3.92. The van der Waals surface area contributed by atoms with Crippen LogP contribution in [-0.4, -0.2) is 47.2 Å². The summed E-state index contributed by atoms with van der Waals surface area (Å²) in [6.45, 7) is 12.2. The molecule has 1 aliphatic rings. The lowest BCUT2D eigenvalue weighted by molar-refractivity contribution is 0.0646. The number of nitrogens with zero attached hydrogens (tertiary/aromatic N) is 3. The number of fused-ring (bicyclic) bond motifs is 1. The van der Waals surface area contributed by atoms with Crippen LogP contribution >= 0.6 is 0 Å². The fourth-order valence-corrected chi connectivity index (χ4v) is 4.34. The minimum atomic E-state index is 0.0185. The molecule has 6 nitrogen and oxygen atoms in total. The molecule has 6 heteroatoms. The lowest BCUT2D eigenvalue weighted by Gasteiger charge is -2.30. The van der Waals surface area contributed by atoms with Crippen LogP contribution in [0.4, 0.5) is 5.82 Å². The summed E-state index contributed by atoms with van der Waals surface area (Å²) in [4.78, 5) is 19.7. The van der Waals surface area contributed by atoms with E-state index < -0.39 is 0 Å². The molecular weight excluding hydrogens is 388 g/mol. The van der Waals surface area contributed by atoms with Gasteiger partial charge in [-0.25, -0.2) is 4.98 Å². The Labute approximate surface area is 184 Å². The number of amides is 1. The highest BCUT2D eigenvalue weighted by molar-refractivity contribution is 6.01. The number of rotatable bonds is 7. The molecule has 31 heavy (non-hydrogen) atoms. The molecule has 1 saturated heterocycles. The molecular formula is C25H32N4O2. The number of carbonyl (C=O) groups excluding carboxylic acids is 1. The van der Waals surface area contributed by atoms with Crippen LogP contribution in [0.3, 0.4) is 0 Å². The van der Waals surface area contributed by atoms with E-state index in [1.807, 2.05) is 11.0 Å². The summed E-state index contributed by atoms with van der Waals surface area (Å²) in [5.41, 5.74) is 7.68. The summed E-state index contributed by atoms with van der Waals surface area (Å²) in [7, 11) is 1.72. The van der Waals surface area contributed by atoms with Crippen LogP contribution in [0.2, 0.25) is 0 Å². The first-order chi connectivity index (χ1) is 14.9. The van der Waals surface area contributed by atoms with Gasteiger partial charge in [-0.05, 0) is 62.4 Å². The fraction of sp³-hybridized carbons (Fsp3) is 0.440. The molecule has 2 aromatic heterocycles. The van der Waals surface area contributed by atoms with Gasteiger partial charge < -0.3 is 19.5 Å². The minimum absolute atomic E-state index is 0.0185. The van der Waals surface area contributed by atoms with Gasteiger partial charge in [-0.2, -0.15) is 0 Å². The highest BCUT2D eigenvalue weighted by atomic mass is 16.5. The number of aromatic nitrogens is 2. The van der Waals surface area contributed by atoms with Gasteiger partial charge in [0.05, 0.1) is 12.1 Å². The van der Waals surface area contributed by atoms with Gasteiger partial charge in [-0.15, -0.1) is 0 Å². The van der Waals surface area contributed by atoms with Crippen molar-refractivity contribution in [2.24, 2.45) is 0 Å². The van der Waals surface area contributed by atoms with E-state index in [0.29, 0.717) is 18.8 Å². The predicted molar refractivity (Wildman–Crippen MR) is 125 cm³/mol. The fourth-order valence-electron chi connectivity index (χ4n) is 4.34. The summed E-state index contributed by atoms with van der Waals surface area (Å²) in [6, 6.07) is 8.31. The Kier molecular flexibility index (Phi) is 6.01. The molecule has 3 heterocycles. The number of carbonyl (C=O) groups is 1. The molecule has 0 radical (unpaired) electrons. The smallest absolute Gasteiger partial charge is 0.272 e. The number of anilines is 1. The van der Waals surface area contributed by atoms with Gasteiger partial charge >= 0.3 is 0 Å². The Morgan fingerprint density at radius 3 is 2.48 bits per heavy atom. The number of benzene rings is 1. The Morgan fingerprint density at radius 1 is 1.16 bits per heavy atom. The number of ether oxygens (including phenoxy) is 1. The van der Waals surface area contributed by atoms with Crippen molar-refractivity contribution in [2.75, 3.05) is 32.1 Å². The summed E-state index contributed by atoms with van der Waals surface area (Å²) in [5, 5.41) is 4.65. The van der Waals surface area contributed by atoms with E-state index in [0.717, 1.165) is 42.8 Å². The first-order valence-corrected chi connectivity index (χ1v) is 11.0. The number of hydrogen-bond acceptors (Lipinski definition) is 4. The molecule has 0 aliphatic carbocycles. The van der Waals surface area contributed by atoms with Crippen LogP contribution < -0.4 is 5.32 Å². The molecule has 0 atom stereocenters. The summed E-state index contributed by atoms with van der Waals surface area (Å²) in [5.74, 6) is 0.779. The van der Waals surface area contributed by atoms with E-state index in [1.54, 1.807) is 7.11 Å². The lowest BCUT2D eigenvalue weighted by atomic mass is 10.0. The van der Waals surface area contributed by atoms with Gasteiger partial charge in [0, 0.05) is 44.4 Å². The van der Waals surface area contributed by atoms with Gasteiger partial charge in [0.2, 0.25) is 0 Å². The SMILES string of the molecule is COCCn1c(C)c(C)c2cc(C(=O)N3CCC3)nc(NCc3c(C)cccc3C)c21. The van der Waals surface area contributed by atoms with Crippen LogP contribution in [0.5, 0.6) is 0 Å². The maximum atomic E-state index is 13.0. The third-order valence-electron chi connectivity index (χ3n) is 6.57. The average molecular weight is 421 g/mol. The van der Waals surface area contributed by atoms with Crippen molar-refractivity contribution >= 4 is 22.6 Å². The van der Waals surface area contributed by atoms with Crippen molar-refractivity contribution in [2.45, 2.75) is 47.2 Å². The number of likely N-dealkylation sites (tertiary alicyclic amines) is 1. The van der Waals surface area contributed by atoms with Crippen molar-refractivity contribution < 1.29 is 9.53 Å². The van der Waals surface area contributed by atoms with Crippen molar-refractivity contribution in [3.05, 3.63) is 57.9 Å². The van der Waals surface area contributed by atoms with E-state index in [-0.39, 0.29) is 5.91 Å². The lowest BCUT2D eigenvalue weighted by Crippen LogP contribution is -2.42. The number of methoxy groups -OCH3 is 1. The van der Waals surface area contributed by atoms with E-state index in [9.17, 15) is 4.79 Å². The molecule has 1 fully saturated rings. The second-order valence-corrected chi connectivity index (χ2v) is 8.48. The quantitative estimate of drug-likeness (QED) is 0.616. The van der Waals surface area contributed by atoms with Crippen LogP contribution in [-0.2, 0) is 17.8 Å². The van der Waals surface area contributed by atoms with E-state index in [4.69, 9.17) is 9.72 Å². The Morgan fingerprint density at radius 2 is 1.87 bits per heavy atom. The zero-order valence-electron chi connectivity index (χ0n) is 19.2. The van der Waals surface area contributed by atoms with Gasteiger partial charge in [-0.1, -0.05) is 18.2 Å². The Balaban J connectivity index is 1.81. The van der Waals surface area contributed by atoms with Crippen molar-refractivity contribution in [1.29, 1.82) is 0 Å². The first-order valence-electron chi connectivity index (χ1n) is 11.0. The highest BCUT2D eigenvalue weighted by Crippen LogP contribution is 2.32. The van der Waals surface area contributed by atoms with Gasteiger partial charge in [0.15, 0.2) is 5.82 Å². The summed E-state index contributed by atoms with van der Waals surface area (Å²) >= 11 is 0. The Bertz CT molecular complexity index is 1110. The minimum Gasteiger partial charge on any atom is -0.383 e. The second kappa shape index (κ2) is 8.71. The van der Waals surface area contributed by atoms with E-state index >= 15 is 0 Å². The van der Waals surface area contributed by atoms with Gasteiger partial charge in [-0.3, -0.25) is 4.79 Å². The molecule has 164 valence electrons. The molecule has 0 spiro atoms. The molecule has 3 aromatic rings. The normalized spacial score (nSPS) is 13.5. The van der Waals surface area contributed by atoms with Crippen LogP contribution in [0.25, 0.3) is 10.9 Å². The molecule has 0 bridgehead atoms. The molecule has 1 N–H and O–H groups in total. The maximum Gasteiger partial charge on any atom is 0.272 e. The molecule has 0 unspecified atom stereocenters. The number of pyridine rings is 1. The topological polar surface area (TPSA) is 59.4 Å². The van der Waals surface area contributed by atoms with Crippen molar-refractivity contribution in [3.63, 3.8) is 0 Å². The van der Waals surface area contributed by atoms with Crippen LogP contribution in [0, 0.1) is 27.7 Å². The standard InChI is InChI=1S/C25H32N4O2/c1-16-8-6-9-17(2)21(16)15-26-24-23-20(18(3)19(4)29(23)12-13-31-5)14-22(27-24)25(30)28-10-7-11-28/h6,8-9,14H,7,10-13,15H2,1-5H3,(H,26,27). The van der Waals surface area contributed by atoms with Crippen LogP contribution in [0.15, 0.2) is 24.3 Å². The molecule has 0 saturated carbocycles. The maximum absolute atomic E-state index is 13.0.